The van der Waals surface area contributed by atoms with Crippen molar-refractivity contribution >= 4 is 40.5 Å². The van der Waals surface area contributed by atoms with E-state index in [0.717, 1.165) is 5.54 Å². The molecule has 6 heteroatoms. The third-order valence-corrected chi connectivity index (χ3v) is 3.01. The van der Waals surface area contributed by atoms with Crippen LogP contribution in [0.5, 0.6) is 0 Å². The highest BCUT2D eigenvalue weighted by molar-refractivity contribution is 6.41. The molecule has 0 aliphatic carbocycles. The number of alkyl halides is 1. The van der Waals surface area contributed by atoms with Crippen molar-refractivity contribution in [3.8, 4) is 0 Å². The second-order valence-corrected chi connectivity index (χ2v) is 3.76. The normalized spacial score (nSPS) is 13.7. The third-order valence-electron chi connectivity index (χ3n) is 1.75. The molecule has 1 aromatic rings. The van der Waals surface area contributed by atoms with E-state index in [9.17, 15) is 10.1 Å². The lowest BCUT2D eigenvalue weighted by Crippen LogP contribution is -1.97. The van der Waals surface area contributed by atoms with Gasteiger partial charge in [-0.25, -0.2) is 0 Å². The van der Waals surface area contributed by atoms with Crippen LogP contribution in [0, 0.1) is 10.1 Å². The van der Waals surface area contributed by atoms with E-state index in [2.05, 4.69) is 0 Å². The Balaban J connectivity index is 3.19. The maximum absolute atomic E-state index is 10.7. The number of hydrogen-bond acceptors (Lipinski definition) is 2. The Labute approximate surface area is 101 Å². The second kappa shape index (κ2) is 5.35. The minimum atomic E-state index is -0.800. The molecule has 0 amide bonds. The molecular formula is C9H6Cl3NO2. The Kier molecular flexibility index (Phi) is 4.39. The molecule has 1 unspecified atom stereocenters. The first-order valence-corrected chi connectivity index (χ1v) is 5.16. The summed E-state index contributed by atoms with van der Waals surface area (Å²) in [5, 5.41) is 10.0. The number of hydrogen-bond donors (Lipinski definition) is 0. The third kappa shape index (κ3) is 2.84. The molecule has 0 fully saturated rings. The van der Waals surface area contributed by atoms with Gasteiger partial charge >= 0.3 is 0 Å². The van der Waals surface area contributed by atoms with Crippen LogP contribution in [0.4, 0.5) is 5.69 Å². The Bertz CT molecular complexity index is 406. The highest BCUT2D eigenvalue weighted by atomic mass is 35.5. The van der Waals surface area contributed by atoms with Crippen LogP contribution in [0.3, 0.4) is 0 Å². The van der Waals surface area contributed by atoms with E-state index in [0.29, 0.717) is 5.56 Å². The molecule has 0 heterocycles. The van der Waals surface area contributed by atoms with Crippen molar-refractivity contribution in [3.05, 3.63) is 50.5 Å². The zero-order chi connectivity index (χ0) is 11.4. The van der Waals surface area contributed by atoms with Gasteiger partial charge in [0.15, 0.2) is 0 Å². The predicted molar refractivity (Wildman–Crippen MR) is 61.5 cm³/mol. The lowest BCUT2D eigenvalue weighted by Gasteiger charge is -2.07. The molecule has 15 heavy (non-hydrogen) atoms. The standard InChI is InChI=1S/C9H6Cl3NO2/c10-5-7(11)9(12)6-3-1-2-4-8(6)13(14)15/h1-5,9H. The molecule has 0 N–H and O–H groups in total. The number of para-hydroxylation sites is 1. The molecule has 3 nitrogen and oxygen atoms in total. The number of halogens is 3. The van der Waals surface area contributed by atoms with Gasteiger partial charge in [-0.3, -0.25) is 10.1 Å². The van der Waals surface area contributed by atoms with Gasteiger partial charge in [0.25, 0.3) is 5.69 Å². The van der Waals surface area contributed by atoms with E-state index >= 15 is 0 Å². The molecule has 0 aliphatic rings. The molecule has 1 rings (SSSR count). The summed E-state index contributed by atoms with van der Waals surface area (Å²) < 4.78 is 0. The van der Waals surface area contributed by atoms with Crippen molar-refractivity contribution in [2.24, 2.45) is 0 Å². The molecular weight excluding hydrogens is 260 g/mol. The van der Waals surface area contributed by atoms with Crippen LogP contribution in [-0.4, -0.2) is 4.92 Å². The molecule has 0 bridgehead atoms. The summed E-state index contributed by atoms with van der Waals surface area (Å²) in [5.74, 6) is 0. The minimum Gasteiger partial charge on any atom is -0.258 e. The number of nitro groups is 1. The summed E-state index contributed by atoms with van der Waals surface area (Å²) in [7, 11) is 0. The van der Waals surface area contributed by atoms with Crippen LogP contribution in [0.2, 0.25) is 0 Å². The molecule has 1 atom stereocenters. The highest BCUT2D eigenvalue weighted by Crippen LogP contribution is 2.36. The average Bonchev–Trinajstić information content (AvgIpc) is 2.27. The van der Waals surface area contributed by atoms with Gasteiger partial charge in [0.1, 0.15) is 5.38 Å². The van der Waals surface area contributed by atoms with Crippen LogP contribution < -0.4 is 0 Å². The number of benzene rings is 1. The fourth-order valence-corrected chi connectivity index (χ4v) is 1.63. The van der Waals surface area contributed by atoms with Gasteiger partial charge in [-0.2, -0.15) is 0 Å². The number of nitro benzene ring substituents is 1. The molecule has 0 saturated heterocycles. The maximum Gasteiger partial charge on any atom is 0.274 e. The van der Waals surface area contributed by atoms with Gasteiger partial charge in [0.05, 0.1) is 15.5 Å². The molecule has 0 radical (unpaired) electrons. The Hall–Kier alpha value is -0.770. The predicted octanol–water partition coefficient (Wildman–Crippen LogP) is 4.19. The monoisotopic (exact) mass is 265 g/mol. The van der Waals surface area contributed by atoms with Crippen LogP contribution in [0.1, 0.15) is 10.9 Å². The molecule has 0 saturated carbocycles. The second-order valence-electron chi connectivity index (χ2n) is 2.67. The molecule has 80 valence electrons. The fourth-order valence-electron chi connectivity index (χ4n) is 1.07. The van der Waals surface area contributed by atoms with Gasteiger partial charge in [0.2, 0.25) is 0 Å². The summed E-state index contributed by atoms with van der Waals surface area (Å²) in [6.45, 7) is 0. The van der Waals surface area contributed by atoms with Crippen molar-refractivity contribution in [1.82, 2.24) is 0 Å². The summed E-state index contributed by atoms with van der Waals surface area (Å²) in [6.07, 6.45) is 0. The van der Waals surface area contributed by atoms with Crippen molar-refractivity contribution in [2.45, 2.75) is 5.38 Å². The summed E-state index contributed by atoms with van der Waals surface area (Å²) in [4.78, 5) is 10.2. The first-order chi connectivity index (χ1) is 7.07. The van der Waals surface area contributed by atoms with Crippen molar-refractivity contribution < 1.29 is 4.92 Å². The lowest BCUT2D eigenvalue weighted by molar-refractivity contribution is -0.385. The van der Waals surface area contributed by atoms with Crippen LogP contribution in [-0.2, 0) is 0 Å². The first kappa shape index (κ1) is 12.3. The maximum atomic E-state index is 10.7. The zero-order valence-electron chi connectivity index (χ0n) is 7.36. The van der Waals surface area contributed by atoms with E-state index < -0.39 is 10.3 Å². The quantitative estimate of drug-likeness (QED) is 0.467. The summed E-state index contributed by atoms with van der Waals surface area (Å²) >= 11 is 17.0. The topological polar surface area (TPSA) is 43.1 Å². The summed E-state index contributed by atoms with van der Waals surface area (Å²) in [6, 6.07) is 6.11. The zero-order valence-corrected chi connectivity index (χ0v) is 9.63. The number of nitrogens with zero attached hydrogens (tertiary/aromatic N) is 1. The van der Waals surface area contributed by atoms with E-state index in [1.165, 1.54) is 6.07 Å². The number of allylic oxidation sites excluding steroid dienone is 1. The van der Waals surface area contributed by atoms with E-state index in [4.69, 9.17) is 34.8 Å². The average molecular weight is 267 g/mol. The molecule has 0 spiro atoms. The first-order valence-electron chi connectivity index (χ1n) is 3.91. The lowest BCUT2D eigenvalue weighted by atomic mass is 10.1. The highest BCUT2D eigenvalue weighted by Gasteiger charge is 2.21. The van der Waals surface area contributed by atoms with E-state index in [-0.39, 0.29) is 10.7 Å². The largest absolute Gasteiger partial charge is 0.274 e. The minimum absolute atomic E-state index is 0.0748. The van der Waals surface area contributed by atoms with Crippen LogP contribution in [0.25, 0.3) is 0 Å². The Morgan fingerprint density at radius 3 is 2.60 bits per heavy atom. The fraction of sp³-hybridized carbons (Fsp3) is 0.111. The Morgan fingerprint density at radius 2 is 2.07 bits per heavy atom. The van der Waals surface area contributed by atoms with Gasteiger partial charge < -0.3 is 0 Å². The Morgan fingerprint density at radius 1 is 1.47 bits per heavy atom. The van der Waals surface area contributed by atoms with E-state index in [1.54, 1.807) is 18.2 Å². The van der Waals surface area contributed by atoms with E-state index in [1.807, 2.05) is 0 Å². The van der Waals surface area contributed by atoms with Gasteiger partial charge in [-0.05, 0) is 0 Å². The van der Waals surface area contributed by atoms with Gasteiger partial charge in [0, 0.05) is 11.6 Å². The number of rotatable bonds is 3. The summed E-state index contributed by atoms with van der Waals surface area (Å²) in [5.41, 5.74) is 1.34. The molecule has 0 aliphatic heterocycles. The smallest absolute Gasteiger partial charge is 0.258 e. The van der Waals surface area contributed by atoms with Crippen LogP contribution in [0.15, 0.2) is 34.8 Å². The SMILES string of the molecule is O=[N+]([O-])c1ccccc1C(Cl)C(Cl)=CCl. The van der Waals surface area contributed by atoms with Crippen molar-refractivity contribution in [3.63, 3.8) is 0 Å². The molecule has 0 aromatic heterocycles. The molecule has 1 aromatic carbocycles. The van der Waals surface area contributed by atoms with Gasteiger partial charge in [-0.15, -0.1) is 11.6 Å². The van der Waals surface area contributed by atoms with Gasteiger partial charge in [-0.1, -0.05) is 41.4 Å². The van der Waals surface area contributed by atoms with Crippen molar-refractivity contribution in [2.75, 3.05) is 0 Å². The van der Waals surface area contributed by atoms with Crippen LogP contribution >= 0.6 is 34.8 Å². The van der Waals surface area contributed by atoms with Crippen molar-refractivity contribution in [1.29, 1.82) is 0 Å².